The molecule has 2 heterocycles. The second-order valence-corrected chi connectivity index (χ2v) is 11.9. The molecule has 1 aliphatic rings. The van der Waals surface area contributed by atoms with E-state index in [4.69, 9.17) is 9.47 Å². The summed E-state index contributed by atoms with van der Waals surface area (Å²) in [7, 11) is 1.72. The van der Waals surface area contributed by atoms with E-state index in [1.807, 2.05) is 44.2 Å². The maximum absolute atomic E-state index is 14.3. The number of fused-ring (bicyclic) bond motifs is 1. The quantitative estimate of drug-likeness (QED) is 0.323. The van der Waals surface area contributed by atoms with Crippen LogP contribution in [0.15, 0.2) is 73.1 Å². The van der Waals surface area contributed by atoms with E-state index in [0.29, 0.717) is 35.8 Å². The lowest BCUT2D eigenvalue weighted by Crippen LogP contribution is -2.48. The molecule has 0 aliphatic carbocycles. The molecule has 3 aromatic rings. The van der Waals surface area contributed by atoms with Gasteiger partial charge in [0.15, 0.2) is 0 Å². The van der Waals surface area contributed by atoms with Gasteiger partial charge in [0.05, 0.1) is 30.4 Å². The zero-order chi connectivity index (χ0) is 33.1. The first-order valence-electron chi connectivity index (χ1n) is 15.8. The van der Waals surface area contributed by atoms with Crippen molar-refractivity contribution < 1.29 is 29.0 Å². The maximum Gasteiger partial charge on any atom is 0.321 e. The van der Waals surface area contributed by atoms with Crippen LogP contribution >= 0.6 is 0 Å². The van der Waals surface area contributed by atoms with Crippen LogP contribution in [0.2, 0.25) is 0 Å². The summed E-state index contributed by atoms with van der Waals surface area (Å²) >= 11 is 0. The Morgan fingerprint density at radius 1 is 1.04 bits per heavy atom. The van der Waals surface area contributed by atoms with E-state index in [1.165, 1.54) is 12.4 Å². The van der Waals surface area contributed by atoms with Gasteiger partial charge in [-0.3, -0.25) is 14.6 Å². The van der Waals surface area contributed by atoms with Crippen LogP contribution in [-0.4, -0.2) is 89.3 Å². The topological polar surface area (TPSA) is 133 Å². The third-order valence-corrected chi connectivity index (χ3v) is 8.08. The molecule has 11 nitrogen and oxygen atoms in total. The van der Waals surface area contributed by atoms with E-state index in [0.717, 1.165) is 19.3 Å². The summed E-state index contributed by atoms with van der Waals surface area (Å²) in [4.78, 5) is 47.4. The lowest BCUT2D eigenvalue weighted by Gasteiger charge is -2.35. The summed E-state index contributed by atoms with van der Waals surface area (Å²) in [5, 5.41) is 16.0. The summed E-state index contributed by atoms with van der Waals surface area (Å²) < 4.78 is 12.6. The monoisotopic (exact) mass is 631 g/mol. The Bertz CT molecular complexity index is 1440. The van der Waals surface area contributed by atoms with Gasteiger partial charge in [-0.25, -0.2) is 4.79 Å². The molecule has 0 bridgehead atoms. The molecule has 2 aromatic carbocycles. The average Bonchev–Trinajstić information content (AvgIpc) is 3.06. The minimum atomic E-state index is -0.525. The fraction of sp³-hybridized carbons (Fsp3) is 0.429. The largest absolute Gasteiger partial charge is 0.490 e. The number of urea groups is 1. The average molecular weight is 632 g/mol. The number of nitrogens with one attached hydrogen (secondary N) is 2. The fourth-order valence-electron chi connectivity index (χ4n) is 5.26. The van der Waals surface area contributed by atoms with Crippen molar-refractivity contribution in [3.8, 4) is 5.75 Å². The number of nitrogens with zero attached hydrogens (tertiary/aromatic N) is 3. The second kappa shape index (κ2) is 16.7. The van der Waals surface area contributed by atoms with E-state index in [-0.39, 0.29) is 54.7 Å². The number of hydrogen-bond donors (Lipinski definition) is 3. The Kier molecular flexibility index (Phi) is 12.5. The first-order valence-corrected chi connectivity index (χ1v) is 15.8. The molecule has 246 valence electrons. The molecular weight excluding hydrogens is 586 g/mol. The van der Waals surface area contributed by atoms with Crippen molar-refractivity contribution in [1.29, 1.82) is 0 Å². The fourth-order valence-corrected chi connectivity index (χ4v) is 5.26. The van der Waals surface area contributed by atoms with Crippen LogP contribution in [0.3, 0.4) is 0 Å². The highest BCUT2D eigenvalue weighted by Gasteiger charge is 2.31. The van der Waals surface area contributed by atoms with Crippen LogP contribution in [-0.2, 0) is 4.74 Å². The van der Waals surface area contributed by atoms with E-state index in [1.54, 1.807) is 54.1 Å². The van der Waals surface area contributed by atoms with Crippen molar-refractivity contribution in [3.63, 3.8) is 0 Å². The summed E-state index contributed by atoms with van der Waals surface area (Å²) in [6.07, 6.45) is 4.91. The van der Waals surface area contributed by atoms with Gasteiger partial charge in [0.2, 0.25) is 0 Å². The molecule has 0 saturated heterocycles. The molecule has 4 rings (SSSR count). The molecule has 1 aromatic heterocycles. The lowest BCUT2D eigenvalue weighted by molar-refractivity contribution is -0.0115. The SMILES string of the molecule is C[C@@H]1CCCCO[C@@H](CN(C)C(=O)Nc2ccccc2)[C@H](C)CN([C@@H](C)CO)C(=O)c2cc(NC(=O)c3ccncc3)ccc2O1. The number of rotatable bonds is 7. The summed E-state index contributed by atoms with van der Waals surface area (Å²) in [5.41, 5.74) is 1.84. The number of amides is 4. The Hall–Kier alpha value is -4.48. The van der Waals surface area contributed by atoms with Crippen LogP contribution in [0.25, 0.3) is 0 Å². The van der Waals surface area contributed by atoms with Crippen LogP contribution in [0.5, 0.6) is 5.75 Å². The molecule has 0 spiro atoms. The van der Waals surface area contributed by atoms with Gasteiger partial charge in [-0.1, -0.05) is 25.1 Å². The molecule has 0 radical (unpaired) electrons. The van der Waals surface area contributed by atoms with E-state index >= 15 is 0 Å². The minimum absolute atomic E-state index is 0.182. The number of anilines is 2. The molecule has 0 unspecified atom stereocenters. The normalized spacial score (nSPS) is 20.0. The number of aliphatic hydroxyl groups is 1. The third kappa shape index (κ3) is 9.51. The van der Waals surface area contributed by atoms with Crippen LogP contribution in [0.4, 0.5) is 16.2 Å². The van der Waals surface area contributed by atoms with Crippen molar-refractivity contribution in [2.24, 2.45) is 5.92 Å². The Morgan fingerprint density at radius 2 is 1.78 bits per heavy atom. The second-order valence-electron chi connectivity index (χ2n) is 11.9. The number of carbonyl (C=O) groups is 3. The Balaban J connectivity index is 1.60. The van der Waals surface area contributed by atoms with Gasteiger partial charge in [0.1, 0.15) is 5.75 Å². The highest BCUT2D eigenvalue weighted by Crippen LogP contribution is 2.29. The van der Waals surface area contributed by atoms with Gasteiger partial charge in [-0.2, -0.15) is 0 Å². The van der Waals surface area contributed by atoms with Gasteiger partial charge in [-0.05, 0) is 75.6 Å². The van der Waals surface area contributed by atoms with Crippen molar-refractivity contribution in [3.05, 3.63) is 84.2 Å². The third-order valence-electron chi connectivity index (χ3n) is 8.08. The van der Waals surface area contributed by atoms with E-state index in [2.05, 4.69) is 15.6 Å². The molecule has 0 fully saturated rings. The highest BCUT2D eigenvalue weighted by molar-refractivity contribution is 6.05. The number of para-hydroxylation sites is 1. The molecule has 46 heavy (non-hydrogen) atoms. The molecular formula is C35H45N5O6. The van der Waals surface area contributed by atoms with Crippen molar-refractivity contribution in [2.75, 3.05) is 44.0 Å². The van der Waals surface area contributed by atoms with E-state index < -0.39 is 6.04 Å². The number of carbonyl (C=O) groups excluding carboxylic acids is 3. The lowest BCUT2D eigenvalue weighted by atomic mass is 10.0. The Morgan fingerprint density at radius 3 is 2.50 bits per heavy atom. The number of benzene rings is 2. The van der Waals surface area contributed by atoms with Crippen LogP contribution < -0.4 is 15.4 Å². The smallest absolute Gasteiger partial charge is 0.321 e. The number of aliphatic hydroxyl groups excluding tert-OH is 1. The predicted molar refractivity (Wildman–Crippen MR) is 177 cm³/mol. The van der Waals surface area contributed by atoms with Gasteiger partial charge in [0, 0.05) is 62.0 Å². The highest BCUT2D eigenvalue weighted by atomic mass is 16.5. The summed E-state index contributed by atoms with van der Waals surface area (Å²) in [6.45, 7) is 6.51. The molecule has 4 amide bonds. The van der Waals surface area contributed by atoms with Gasteiger partial charge in [0.25, 0.3) is 11.8 Å². The molecule has 0 saturated carbocycles. The van der Waals surface area contributed by atoms with Gasteiger partial charge >= 0.3 is 6.03 Å². The minimum Gasteiger partial charge on any atom is -0.490 e. The van der Waals surface area contributed by atoms with Crippen molar-refractivity contribution in [1.82, 2.24) is 14.8 Å². The first-order chi connectivity index (χ1) is 22.2. The molecule has 11 heteroatoms. The van der Waals surface area contributed by atoms with E-state index in [9.17, 15) is 19.5 Å². The van der Waals surface area contributed by atoms with Crippen molar-refractivity contribution >= 4 is 29.2 Å². The van der Waals surface area contributed by atoms with Crippen LogP contribution in [0.1, 0.15) is 60.7 Å². The number of ether oxygens (including phenoxy) is 2. The molecule has 3 N–H and O–H groups in total. The molecule has 1 aliphatic heterocycles. The van der Waals surface area contributed by atoms with Crippen molar-refractivity contribution in [2.45, 2.75) is 58.3 Å². The zero-order valence-electron chi connectivity index (χ0n) is 27.0. The standard InChI is InChI=1S/C35H45N5O6/c1-24-21-40(25(2)23-41)34(43)30-20-29(37-33(42)27-15-17-36-18-16-27)13-14-31(30)46-26(3)10-8-9-19-45-32(24)22-39(4)35(44)38-28-11-6-5-7-12-28/h5-7,11-18,20,24-26,32,41H,8-10,19,21-23H2,1-4H3,(H,37,42)(H,38,44)/t24-,25+,26-,32+/m1/s1. The summed E-state index contributed by atoms with van der Waals surface area (Å²) in [5.74, 6) is -0.476. The number of aromatic nitrogens is 1. The van der Waals surface area contributed by atoms with Gasteiger partial charge < -0.3 is 35.0 Å². The Labute approximate surface area is 270 Å². The maximum atomic E-state index is 14.3. The van der Waals surface area contributed by atoms with Crippen LogP contribution in [0, 0.1) is 5.92 Å². The predicted octanol–water partition coefficient (Wildman–Crippen LogP) is 5.29. The first kappa shape index (κ1) is 34.4. The van der Waals surface area contributed by atoms with Gasteiger partial charge in [-0.15, -0.1) is 0 Å². The number of pyridine rings is 1. The summed E-state index contributed by atoms with van der Waals surface area (Å²) in [6, 6.07) is 16.7. The number of likely N-dealkylation sites (N-methyl/N-ethyl adjacent to an activating group) is 1. The molecule has 4 atom stereocenters. The zero-order valence-corrected chi connectivity index (χ0v) is 27.0. The number of hydrogen-bond acceptors (Lipinski definition) is 7.